The summed E-state index contributed by atoms with van der Waals surface area (Å²) < 4.78 is 38.5. The molecule has 1 saturated heterocycles. The van der Waals surface area contributed by atoms with Gasteiger partial charge in [-0.15, -0.1) is 0 Å². The lowest BCUT2D eigenvalue weighted by Gasteiger charge is -2.27. The van der Waals surface area contributed by atoms with Crippen LogP contribution in [0.2, 0.25) is 0 Å². The van der Waals surface area contributed by atoms with Gasteiger partial charge in [-0.05, 0) is 24.8 Å². The molecule has 1 aliphatic heterocycles. The monoisotopic (exact) mass is 371 g/mol. The van der Waals surface area contributed by atoms with Crippen molar-refractivity contribution < 1.29 is 26.9 Å². The fourth-order valence-corrected chi connectivity index (χ4v) is 2.85. The second kappa shape index (κ2) is 9.86. The molecule has 0 bridgehead atoms. The molecule has 0 saturated carbocycles. The largest absolute Gasteiger partial charge is 0.353 e. The van der Waals surface area contributed by atoms with Gasteiger partial charge in [-0.25, -0.2) is 0 Å². The highest BCUT2D eigenvalue weighted by Crippen LogP contribution is 2.17. The first kappa shape index (κ1) is 19.8. The highest BCUT2D eigenvalue weighted by Gasteiger charge is 2.23. The second-order valence-corrected chi connectivity index (χ2v) is 7.65. The Hall–Kier alpha value is -1.48. The van der Waals surface area contributed by atoms with Crippen LogP contribution in [0.3, 0.4) is 0 Å². The van der Waals surface area contributed by atoms with Crippen LogP contribution in [0.25, 0.3) is 0 Å². The molecule has 0 aliphatic carbocycles. The van der Waals surface area contributed by atoms with Gasteiger partial charge in [0.1, 0.15) is 0 Å². The smallest absolute Gasteiger partial charge is 0.264 e. The van der Waals surface area contributed by atoms with Gasteiger partial charge in [0.05, 0.1) is 25.4 Å². The molecule has 1 aromatic carbocycles. The summed E-state index contributed by atoms with van der Waals surface area (Å²) in [6.07, 6.45) is 2.53. The minimum Gasteiger partial charge on any atom is -0.353 e. The Morgan fingerprint density at radius 2 is 2.08 bits per heavy atom. The molecule has 1 amide bonds. The summed E-state index contributed by atoms with van der Waals surface area (Å²) in [6.45, 7) is 0.793. The van der Waals surface area contributed by atoms with Crippen LogP contribution in [0.1, 0.15) is 31.2 Å². The second-order valence-electron chi connectivity index (χ2n) is 6.01. The van der Waals surface area contributed by atoms with E-state index in [1.165, 1.54) is 0 Å². The van der Waals surface area contributed by atoms with Crippen molar-refractivity contribution in [3.05, 3.63) is 35.9 Å². The van der Waals surface area contributed by atoms with Crippen LogP contribution in [-0.2, 0) is 35.1 Å². The summed E-state index contributed by atoms with van der Waals surface area (Å²) in [7, 11) is -3.60. The van der Waals surface area contributed by atoms with E-state index in [4.69, 9.17) is 13.7 Å². The standard InChI is InChI=1S/C17H25NO6S/c1-25(20,21)23-13-15(24-17-9-5-6-10-22-17)11-16(19)18-12-14-7-3-2-4-8-14/h2-4,7-8,15,17H,5-6,9-13H2,1H3,(H,18,19)/t15-,17?/m0/s1. The molecule has 1 unspecified atom stereocenters. The Morgan fingerprint density at radius 1 is 1.32 bits per heavy atom. The summed E-state index contributed by atoms with van der Waals surface area (Å²) >= 11 is 0. The number of hydrogen-bond donors (Lipinski definition) is 1. The lowest BCUT2D eigenvalue weighted by atomic mass is 10.2. The molecule has 8 heteroatoms. The van der Waals surface area contributed by atoms with E-state index in [1.54, 1.807) is 0 Å². The van der Waals surface area contributed by atoms with Crippen molar-refractivity contribution in [1.29, 1.82) is 0 Å². The van der Waals surface area contributed by atoms with Crippen LogP contribution in [0.15, 0.2) is 30.3 Å². The summed E-state index contributed by atoms with van der Waals surface area (Å²) in [5.74, 6) is -0.234. The zero-order valence-corrected chi connectivity index (χ0v) is 15.2. The van der Waals surface area contributed by atoms with Crippen molar-refractivity contribution in [2.45, 2.75) is 44.6 Å². The minimum absolute atomic E-state index is 0.00220. The molecule has 1 heterocycles. The van der Waals surface area contributed by atoms with E-state index in [2.05, 4.69) is 5.32 Å². The Balaban J connectivity index is 1.85. The summed E-state index contributed by atoms with van der Waals surface area (Å²) in [4.78, 5) is 12.2. The average molecular weight is 371 g/mol. The minimum atomic E-state index is -3.60. The third-order valence-corrected chi connectivity index (χ3v) is 4.26. The predicted octanol–water partition coefficient (Wildman–Crippen LogP) is 1.58. The fraction of sp³-hybridized carbons (Fsp3) is 0.588. The van der Waals surface area contributed by atoms with Gasteiger partial charge in [-0.3, -0.25) is 8.98 Å². The van der Waals surface area contributed by atoms with Crippen LogP contribution >= 0.6 is 0 Å². The van der Waals surface area contributed by atoms with Crippen LogP contribution in [0, 0.1) is 0 Å². The fourth-order valence-electron chi connectivity index (χ4n) is 2.45. The van der Waals surface area contributed by atoms with Crippen molar-refractivity contribution in [3.63, 3.8) is 0 Å². The predicted molar refractivity (Wildman–Crippen MR) is 92.2 cm³/mol. The molecule has 0 spiro atoms. The van der Waals surface area contributed by atoms with Crippen molar-refractivity contribution in [2.75, 3.05) is 19.5 Å². The number of amides is 1. The maximum Gasteiger partial charge on any atom is 0.264 e. The molecule has 7 nitrogen and oxygen atoms in total. The highest BCUT2D eigenvalue weighted by molar-refractivity contribution is 7.85. The van der Waals surface area contributed by atoms with E-state index in [-0.39, 0.29) is 18.9 Å². The quantitative estimate of drug-likeness (QED) is 0.663. The third-order valence-electron chi connectivity index (χ3n) is 3.70. The molecule has 2 rings (SSSR count). The van der Waals surface area contributed by atoms with E-state index in [1.807, 2.05) is 30.3 Å². The summed E-state index contributed by atoms with van der Waals surface area (Å²) in [5.41, 5.74) is 0.983. The van der Waals surface area contributed by atoms with E-state index < -0.39 is 22.5 Å². The Kier molecular flexibility index (Phi) is 7.83. The first-order valence-electron chi connectivity index (χ1n) is 8.34. The molecule has 0 aromatic heterocycles. The van der Waals surface area contributed by atoms with Crippen LogP contribution in [0.5, 0.6) is 0 Å². The van der Waals surface area contributed by atoms with E-state index >= 15 is 0 Å². The lowest BCUT2D eigenvalue weighted by Crippen LogP contribution is -2.35. The van der Waals surface area contributed by atoms with E-state index in [0.29, 0.717) is 13.2 Å². The van der Waals surface area contributed by atoms with Gasteiger partial charge < -0.3 is 14.8 Å². The molecular weight excluding hydrogens is 346 g/mol. The number of benzene rings is 1. The van der Waals surface area contributed by atoms with Crippen molar-refractivity contribution in [3.8, 4) is 0 Å². The average Bonchev–Trinajstić information content (AvgIpc) is 2.59. The summed E-state index contributed by atoms with van der Waals surface area (Å²) in [6, 6.07) is 9.53. The number of carbonyl (C=O) groups is 1. The van der Waals surface area contributed by atoms with Crippen molar-refractivity contribution in [2.24, 2.45) is 0 Å². The van der Waals surface area contributed by atoms with Gasteiger partial charge in [0.2, 0.25) is 5.91 Å². The highest BCUT2D eigenvalue weighted by atomic mass is 32.2. The first-order chi connectivity index (χ1) is 11.9. The number of ether oxygens (including phenoxy) is 2. The van der Waals surface area contributed by atoms with Gasteiger partial charge in [0.15, 0.2) is 6.29 Å². The summed E-state index contributed by atoms with van der Waals surface area (Å²) in [5, 5.41) is 2.80. The molecule has 2 atom stereocenters. The maximum absolute atomic E-state index is 12.2. The van der Waals surface area contributed by atoms with Gasteiger partial charge in [0, 0.05) is 13.2 Å². The zero-order chi connectivity index (χ0) is 18.1. The Labute approximate surface area is 148 Å². The first-order valence-corrected chi connectivity index (χ1v) is 10.2. The number of carbonyl (C=O) groups excluding carboxylic acids is 1. The van der Waals surface area contributed by atoms with E-state index in [0.717, 1.165) is 31.1 Å². The van der Waals surface area contributed by atoms with Gasteiger partial charge in [-0.2, -0.15) is 8.42 Å². The molecular formula is C17H25NO6S. The molecule has 1 N–H and O–H groups in total. The van der Waals surface area contributed by atoms with Crippen LogP contribution in [-0.4, -0.2) is 46.2 Å². The van der Waals surface area contributed by atoms with E-state index in [9.17, 15) is 13.2 Å². The van der Waals surface area contributed by atoms with Gasteiger partial charge >= 0.3 is 0 Å². The van der Waals surface area contributed by atoms with Gasteiger partial charge in [-0.1, -0.05) is 30.3 Å². The molecule has 1 aromatic rings. The number of hydrogen-bond acceptors (Lipinski definition) is 6. The van der Waals surface area contributed by atoms with Gasteiger partial charge in [0.25, 0.3) is 10.1 Å². The topological polar surface area (TPSA) is 90.9 Å². The number of nitrogens with one attached hydrogen (secondary N) is 1. The van der Waals surface area contributed by atoms with Crippen LogP contribution in [0.4, 0.5) is 0 Å². The molecule has 1 aliphatic rings. The third kappa shape index (κ3) is 8.44. The normalized spacial score (nSPS) is 19.3. The number of rotatable bonds is 9. The molecule has 1 fully saturated rings. The molecule has 0 radical (unpaired) electrons. The van der Waals surface area contributed by atoms with Crippen LogP contribution < -0.4 is 5.32 Å². The Bertz CT molecular complexity index is 628. The van der Waals surface area contributed by atoms with Crippen molar-refractivity contribution in [1.82, 2.24) is 5.32 Å². The SMILES string of the molecule is CS(=O)(=O)OC[C@H](CC(=O)NCc1ccccc1)OC1CCCCO1. The zero-order valence-electron chi connectivity index (χ0n) is 14.3. The molecule has 25 heavy (non-hydrogen) atoms. The maximum atomic E-state index is 12.2. The molecule has 140 valence electrons. The Morgan fingerprint density at radius 3 is 2.72 bits per heavy atom. The lowest BCUT2D eigenvalue weighted by molar-refractivity contribution is -0.194. The van der Waals surface area contributed by atoms with Crippen molar-refractivity contribution >= 4 is 16.0 Å².